The Labute approximate surface area is 82.8 Å². The number of cyclic esters (lactones) is 2. The van der Waals surface area contributed by atoms with Gasteiger partial charge in [-0.15, -0.1) is 0 Å². The Morgan fingerprint density at radius 1 is 1.10 bits per heavy atom. The molecule has 0 aliphatic carbocycles. The summed E-state index contributed by atoms with van der Waals surface area (Å²) in [5, 5.41) is -0.670. The smallest absolute Gasteiger partial charge is 0.418 e. The van der Waals surface area contributed by atoms with Crippen LogP contribution in [0.4, 0.5) is 4.79 Å². The maximum Gasteiger partial charge on any atom is 0.510 e. The molecule has 0 radical (unpaired) electrons. The summed E-state index contributed by atoms with van der Waals surface area (Å²) in [4.78, 5) is 10.4. The summed E-state index contributed by atoms with van der Waals surface area (Å²) >= 11 is 9.52. The Bertz CT molecular complexity index is 137. The predicted octanol–water partition coefficient (Wildman–Crippen LogP) is 2.36. The van der Waals surface area contributed by atoms with E-state index in [4.69, 9.17) is 0 Å². The zero-order chi connectivity index (χ0) is 7.72. The Morgan fingerprint density at radius 3 is 1.90 bits per heavy atom. The molecule has 10 heavy (non-hydrogen) atoms. The van der Waals surface area contributed by atoms with Crippen LogP contribution in [-0.4, -0.2) is 21.0 Å². The monoisotopic (exact) mass is 336 g/mol. The average molecular weight is 339 g/mol. The lowest BCUT2D eigenvalue weighted by Gasteiger charge is -2.26. The first-order valence-corrected chi connectivity index (χ1v) is 5.15. The summed E-state index contributed by atoms with van der Waals surface area (Å²) in [6.07, 6.45) is -0.667. The Hall–Kier alpha value is 0.710. The van der Waals surface area contributed by atoms with Crippen molar-refractivity contribution in [1.82, 2.24) is 0 Å². The first-order chi connectivity index (χ1) is 4.61. The van der Waals surface area contributed by atoms with Crippen LogP contribution in [0.1, 0.15) is 0 Å². The quantitative estimate of drug-likeness (QED) is 0.502. The topological polar surface area (TPSA) is 35.5 Å². The molecule has 0 saturated carbocycles. The van der Waals surface area contributed by atoms with Gasteiger partial charge >= 0.3 is 6.16 Å². The van der Waals surface area contributed by atoms with E-state index in [1.54, 1.807) is 0 Å². The molecule has 3 nitrogen and oxygen atoms in total. The van der Waals surface area contributed by atoms with E-state index < -0.39 is 6.16 Å². The summed E-state index contributed by atoms with van der Waals surface area (Å²) in [5.74, 6) is 0. The van der Waals surface area contributed by atoms with Crippen LogP contribution in [0.25, 0.3) is 0 Å². The number of hydrogen-bond acceptors (Lipinski definition) is 3. The van der Waals surface area contributed by atoms with Gasteiger partial charge in [-0.2, -0.15) is 0 Å². The largest absolute Gasteiger partial charge is 0.510 e. The zero-order valence-electron chi connectivity index (χ0n) is 4.59. The van der Waals surface area contributed by atoms with Gasteiger partial charge in [0.05, 0.1) is 0 Å². The average Bonchev–Trinajstić information content (AvgIpc) is 1.82. The highest BCUT2D eigenvalue weighted by Gasteiger charge is 2.35. The van der Waals surface area contributed by atoms with Gasteiger partial charge in [0.1, 0.15) is 4.83 Å². The number of halogens is 3. The molecule has 0 spiro atoms. The molecule has 1 fully saturated rings. The van der Waals surface area contributed by atoms with Crippen LogP contribution < -0.4 is 0 Å². The maximum absolute atomic E-state index is 10.5. The molecule has 0 aromatic carbocycles. The van der Waals surface area contributed by atoms with Crippen molar-refractivity contribution in [2.45, 2.75) is 14.9 Å². The summed E-state index contributed by atoms with van der Waals surface area (Å²) in [7, 11) is 0. The minimum absolute atomic E-state index is 0.0646. The molecular weight excluding hydrogens is 336 g/mol. The van der Waals surface area contributed by atoms with Crippen LogP contribution in [0.2, 0.25) is 0 Å². The van der Waals surface area contributed by atoms with E-state index in [2.05, 4.69) is 57.3 Å². The second kappa shape index (κ2) is 3.40. The van der Waals surface area contributed by atoms with Gasteiger partial charge in [0, 0.05) is 0 Å². The van der Waals surface area contributed by atoms with Crippen LogP contribution in [0, 0.1) is 0 Å². The second-order valence-electron chi connectivity index (χ2n) is 1.63. The highest BCUT2D eigenvalue weighted by Crippen LogP contribution is 2.29. The van der Waals surface area contributed by atoms with Crippen molar-refractivity contribution in [3.05, 3.63) is 0 Å². The molecule has 2 atom stereocenters. The summed E-state index contributed by atoms with van der Waals surface area (Å²) in [6, 6.07) is 0. The normalized spacial score (nSPS) is 40.3. The lowest BCUT2D eigenvalue weighted by atomic mass is 10.5. The molecule has 0 aromatic rings. The number of carbonyl (C=O) groups is 1. The van der Waals surface area contributed by atoms with Gasteiger partial charge < -0.3 is 9.47 Å². The molecule has 6 heteroatoms. The van der Waals surface area contributed by atoms with Crippen molar-refractivity contribution >= 4 is 53.9 Å². The summed E-state index contributed by atoms with van der Waals surface area (Å²) < 4.78 is 9.29. The van der Waals surface area contributed by atoms with Crippen LogP contribution in [-0.2, 0) is 9.47 Å². The van der Waals surface area contributed by atoms with Crippen molar-refractivity contribution in [3.63, 3.8) is 0 Å². The van der Waals surface area contributed by atoms with E-state index in [0.29, 0.717) is 0 Å². The molecule has 1 aliphatic rings. The number of hydrogen-bond donors (Lipinski definition) is 0. The SMILES string of the molecule is O=C1OC(Br)C(Br)C(Br)O1. The minimum Gasteiger partial charge on any atom is -0.418 e. The van der Waals surface area contributed by atoms with Crippen LogP contribution in [0.15, 0.2) is 0 Å². The Kier molecular flexibility index (Phi) is 3.00. The van der Waals surface area contributed by atoms with Gasteiger partial charge in [0.15, 0.2) is 10.0 Å². The summed E-state index contributed by atoms with van der Waals surface area (Å²) in [5.41, 5.74) is 0. The molecule has 0 amide bonds. The highest BCUT2D eigenvalue weighted by molar-refractivity contribution is 9.13. The fourth-order valence-corrected chi connectivity index (χ4v) is 1.95. The number of rotatable bonds is 0. The van der Waals surface area contributed by atoms with E-state index in [1.165, 1.54) is 0 Å². The van der Waals surface area contributed by atoms with E-state index in [9.17, 15) is 4.79 Å². The van der Waals surface area contributed by atoms with Crippen molar-refractivity contribution in [1.29, 1.82) is 0 Å². The Balaban J connectivity index is 2.57. The molecule has 0 aromatic heterocycles. The minimum atomic E-state index is -0.667. The van der Waals surface area contributed by atoms with E-state index in [0.717, 1.165) is 0 Å². The molecule has 1 heterocycles. The Morgan fingerprint density at radius 2 is 1.50 bits per heavy atom. The fourth-order valence-electron chi connectivity index (χ4n) is 0.461. The number of alkyl halides is 3. The maximum atomic E-state index is 10.5. The molecule has 58 valence electrons. The van der Waals surface area contributed by atoms with Crippen molar-refractivity contribution < 1.29 is 14.3 Å². The van der Waals surface area contributed by atoms with Gasteiger partial charge in [0.25, 0.3) is 0 Å². The first-order valence-electron chi connectivity index (χ1n) is 2.41. The van der Waals surface area contributed by atoms with Crippen molar-refractivity contribution in [2.75, 3.05) is 0 Å². The molecule has 0 bridgehead atoms. The molecule has 2 unspecified atom stereocenters. The van der Waals surface area contributed by atoms with Crippen molar-refractivity contribution in [2.24, 2.45) is 0 Å². The first kappa shape index (κ1) is 8.80. The second-order valence-corrected chi connectivity index (χ2v) is 4.49. The number of carbonyl (C=O) groups excluding carboxylic acids is 1. The van der Waals surface area contributed by atoms with Crippen LogP contribution >= 0.6 is 47.8 Å². The van der Waals surface area contributed by atoms with Gasteiger partial charge in [-0.05, 0) is 31.9 Å². The molecular formula is C4H3Br3O3. The highest BCUT2D eigenvalue weighted by atomic mass is 79.9. The third-order valence-electron chi connectivity index (χ3n) is 0.918. The van der Waals surface area contributed by atoms with Crippen molar-refractivity contribution in [3.8, 4) is 0 Å². The zero-order valence-corrected chi connectivity index (χ0v) is 9.35. The van der Waals surface area contributed by atoms with Gasteiger partial charge in [0.2, 0.25) is 0 Å². The van der Waals surface area contributed by atoms with Crippen LogP contribution in [0.3, 0.4) is 0 Å². The van der Waals surface area contributed by atoms with E-state index in [-0.39, 0.29) is 14.9 Å². The van der Waals surface area contributed by atoms with E-state index in [1.807, 2.05) is 0 Å². The third-order valence-corrected chi connectivity index (χ3v) is 4.81. The third kappa shape index (κ3) is 1.85. The lowest BCUT2D eigenvalue weighted by molar-refractivity contribution is 0.00574. The summed E-state index contributed by atoms with van der Waals surface area (Å²) in [6.45, 7) is 0. The number of ether oxygens (including phenoxy) is 2. The van der Waals surface area contributed by atoms with Crippen LogP contribution in [0.5, 0.6) is 0 Å². The van der Waals surface area contributed by atoms with Gasteiger partial charge in [-0.25, -0.2) is 4.79 Å². The van der Waals surface area contributed by atoms with Gasteiger partial charge in [-0.1, -0.05) is 15.9 Å². The molecule has 1 saturated heterocycles. The fraction of sp³-hybridized carbons (Fsp3) is 0.750. The standard InChI is InChI=1S/C4H3Br3O3/c5-1-2(6)9-4(8)10-3(1)7/h1-3H. The molecule has 1 aliphatic heterocycles. The van der Waals surface area contributed by atoms with Gasteiger partial charge in [-0.3, -0.25) is 0 Å². The lowest BCUT2D eigenvalue weighted by Crippen LogP contribution is -2.38. The van der Waals surface area contributed by atoms with E-state index >= 15 is 0 Å². The molecule has 1 rings (SSSR count). The molecule has 0 N–H and O–H groups in total. The predicted molar refractivity (Wildman–Crippen MR) is 45.7 cm³/mol.